The van der Waals surface area contributed by atoms with E-state index in [9.17, 15) is 14.9 Å². The molecule has 8 nitrogen and oxygen atoms in total. The lowest BCUT2D eigenvalue weighted by atomic mass is 10.0. The first-order valence-electron chi connectivity index (χ1n) is 6.39. The third-order valence-electron chi connectivity index (χ3n) is 3.23. The maximum atomic E-state index is 11.2. The van der Waals surface area contributed by atoms with Crippen LogP contribution in [0.25, 0.3) is 0 Å². The summed E-state index contributed by atoms with van der Waals surface area (Å²) in [5, 5.41) is 27.2. The van der Waals surface area contributed by atoms with Gasteiger partial charge in [0.05, 0.1) is 10.8 Å². The molecule has 0 bridgehead atoms. The molecule has 2 N–H and O–H groups in total. The second-order valence-electron chi connectivity index (χ2n) is 5.14. The summed E-state index contributed by atoms with van der Waals surface area (Å²) in [6, 6.07) is -0.531. The van der Waals surface area contributed by atoms with Crippen molar-refractivity contribution in [3.05, 3.63) is 15.8 Å². The zero-order valence-electron chi connectivity index (χ0n) is 12.2. The Balaban J connectivity index is 3.21. The Morgan fingerprint density at radius 3 is 2.35 bits per heavy atom. The van der Waals surface area contributed by atoms with Gasteiger partial charge in [-0.15, -0.1) is 0 Å². The summed E-state index contributed by atoms with van der Waals surface area (Å²) in [6.07, 6.45) is 0. The van der Waals surface area contributed by atoms with Crippen LogP contribution in [-0.4, -0.2) is 31.8 Å². The van der Waals surface area contributed by atoms with Gasteiger partial charge in [-0.3, -0.25) is 14.9 Å². The van der Waals surface area contributed by atoms with Gasteiger partial charge in [-0.05, 0) is 34.6 Å². The van der Waals surface area contributed by atoms with Crippen molar-refractivity contribution in [3.63, 3.8) is 0 Å². The van der Waals surface area contributed by atoms with Crippen LogP contribution < -0.4 is 5.32 Å². The molecule has 8 heteroatoms. The summed E-state index contributed by atoms with van der Waals surface area (Å²) in [4.78, 5) is 21.6. The predicted molar refractivity (Wildman–Crippen MR) is 73.9 cm³/mol. The average molecular weight is 284 g/mol. The standard InChI is InChI=1S/C12H20N4O4/c1-6(2)15-11(10(16(19)20)9(5)14-15)13-8(4)7(3)12(17)18/h6-8,13H,1-5H3,(H,17,18). The van der Waals surface area contributed by atoms with E-state index >= 15 is 0 Å². The number of carbonyl (C=O) groups is 1. The summed E-state index contributed by atoms with van der Waals surface area (Å²) >= 11 is 0. The van der Waals surface area contributed by atoms with Gasteiger partial charge < -0.3 is 10.4 Å². The molecule has 1 rings (SSSR count). The van der Waals surface area contributed by atoms with Crippen molar-refractivity contribution in [3.8, 4) is 0 Å². The van der Waals surface area contributed by atoms with Crippen molar-refractivity contribution in [2.24, 2.45) is 5.92 Å². The molecule has 0 aliphatic rings. The fourth-order valence-corrected chi connectivity index (χ4v) is 1.82. The highest BCUT2D eigenvalue weighted by molar-refractivity contribution is 5.71. The molecule has 112 valence electrons. The van der Waals surface area contributed by atoms with E-state index in [1.165, 1.54) is 4.68 Å². The number of rotatable bonds is 6. The predicted octanol–water partition coefficient (Wildman–Crippen LogP) is 2.20. The number of hydrogen-bond acceptors (Lipinski definition) is 5. The van der Waals surface area contributed by atoms with Crippen molar-refractivity contribution in [1.82, 2.24) is 9.78 Å². The number of aromatic nitrogens is 2. The lowest BCUT2D eigenvalue weighted by Crippen LogP contribution is -2.31. The highest BCUT2D eigenvalue weighted by Gasteiger charge is 2.29. The zero-order valence-corrected chi connectivity index (χ0v) is 12.2. The van der Waals surface area contributed by atoms with Crippen molar-refractivity contribution < 1.29 is 14.8 Å². The summed E-state index contributed by atoms with van der Waals surface area (Å²) in [7, 11) is 0. The maximum absolute atomic E-state index is 11.2. The molecule has 0 radical (unpaired) electrons. The number of anilines is 1. The minimum Gasteiger partial charge on any atom is -0.481 e. The molecule has 0 aliphatic carbocycles. The van der Waals surface area contributed by atoms with Crippen LogP contribution in [0.5, 0.6) is 0 Å². The van der Waals surface area contributed by atoms with Crippen LogP contribution in [0.15, 0.2) is 0 Å². The number of aryl methyl sites for hydroxylation is 1. The molecule has 2 atom stereocenters. The van der Waals surface area contributed by atoms with Crippen molar-refractivity contribution in [2.75, 3.05) is 5.32 Å². The van der Waals surface area contributed by atoms with E-state index in [4.69, 9.17) is 5.11 Å². The summed E-state index contributed by atoms with van der Waals surface area (Å²) in [6.45, 7) is 8.50. The topological polar surface area (TPSA) is 110 Å². The van der Waals surface area contributed by atoms with Crippen LogP contribution in [0.4, 0.5) is 11.5 Å². The number of nitrogens with zero attached hydrogens (tertiary/aromatic N) is 3. The fourth-order valence-electron chi connectivity index (χ4n) is 1.82. The molecule has 1 heterocycles. The lowest BCUT2D eigenvalue weighted by Gasteiger charge is -2.20. The third-order valence-corrected chi connectivity index (χ3v) is 3.23. The van der Waals surface area contributed by atoms with Gasteiger partial charge >= 0.3 is 11.7 Å². The minimum atomic E-state index is -0.958. The van der Waals surface area contributed by atoms with E-state index in [1.807, 2.05) is 13.8 Å². The lowest BCUT2D eigenvalue weighted by molar-refractivity contribution is -0.384. The first kappa shape index (κ1) is 15.9. The number of carboxylic acids is 1. The third kappa shape index (κ3) is 3.06. The first-order chi connectivity index (χ1) is 9.16. The van der Waals surface area contributed by atoms with Crippen LogP contribution in [0.1, 0.15) is 39.4 Å². The van der Waals surface area contributed by atoms with E-state index in [-0.39, 0.29) is 17.5 Å². The van der Waals surface area contributed by atoms with Crippen LogP contribution in [0.3, 0.4) is 0 Å². The Kier molecular flexibility index (Phi) is 4.69. The summed E-state index contributed by atoms with van der Waals surface area (Å²) in [5.41, 5.74) is 0.199. The molecule has 0 aromatic carbocycles. The number of carboxylic acid groups (broad SMARTS) is 1. The van der Waals surface area contributed by atoms with E-state index in [1.54, 1.807) is 20.8 Å². The van der Waals surface area contributed by atoms with Gasteiger partial charge in [0, 0.05) is 12.1 Å². The van der Waals surface area contributed by atoms with Gasteiger partial charge in [-0.1, -0.05) is 0 Å². The fraction of sp³-hybridized carbons (Fsp3) is 0.667. The molecule has 0 saturated heterocycles. The van der Waals surface area contributed by atoms with Gasteiger partial charge in [0.25, 0.3) is 0 Å². The Hall–Kier alpha value is -2.12. The van der Waals surface area contributed by atoms with Crippen molar-refractivity contribution >= 4 is 17.5 Å². The van der Waals surface area contributed by atoms with Crippen LogP contribution in [-0.2, 0) is 4.79 Å². The monoisotopic (exact) mass is 284 g/mol. The van der Waals surface area contributed by atoms with Crippen molar-refractivity contribution in [2.45, 2.75) is 46.7 Å². The second kappa shape index (κ2) is 5.89. The van der Waals surface area contributed by atoms with Gasteiger partial charge in [0.15, 0.2) is 0 Å². The molecule has 1 aromatic rings. The highest BCUT2D eigenvalue weighted by atomic mass is 16.6. The maximum Gasteiger partial charge on any atom is 0.333 e. The quantitative estimate of drug-likeness (QED) is 0.612. The van der Waals surface area contributed by atoms with Gasteiger partial charge in [0.2, 0.25) is 5.82 Å². The Labute approximate surface area is 116 Å². The molecular formula is C12H20N4O4. The molecule has 0 spiro atoms. The number of aliphatic carboxylic acids is 1. The molecule has 0 fully saturated rings. The van der Waals surface area contributed by atoms with Crippen LogP contribution >= 0.6 is 0 Å². The van der Waals surface area contributed by atoms with Gasteiger partial charge in [-0.2, -0.15) is 5.10 Å². The normalized spacial score (nSPS) is 14.1. The Morgan fingerprint density at radius 2 is 1.95 bits per heavy atom. The van der Waals surface area contributed by atoms with Gasteiger partial charge in [0.1, 0.15) is 5.69 Å². The zero-order chi connectivity index (χ0) is 15.6. The van der Waals surface area contributed by atoms with E-state index in [0.29, 0.717) is 5.69 Å². The second-order valence-corrected chi connectivity index (χ2v) is 5.14. The number of hydrogen-bond donors (Lipinski definition) is 2. The van der Waals surface area contributed by atoms with Crippen molar-refractivity contribution in [1.29, 1.82) is 0 Å². The summed E-state index contributed by atoms with van der Waals surface area (Å²) < 4.78 is 1.51. The first-order valence-corrected chi connectivity index (χ1v) is 6.39. The molecule has 2 unspecified atom stereocenters. The smallest absolute Gasteiger partial charge is 0.333 e. The minimum absolute atomic E-state index is 0.0720. The Bertz CT molecular complexity index is 524. The van der Waals surface area contributed by atoms with E-state index in [2.05, 4.69) is 10.4 Å². The molecular weight excluding hydrogens is 264 g/mol. The van der Waals surface area contributed by atoms with E-state index < -0.39 is 22.9 Å². The number of nitro groups is 1. The Morgan fingerprint density at radius 1 is 1.40 bits per heavy atom. The van der Waals surface area contributed by atoms with E-state index in [0.717, 1.165) is 0 Å². The number of nitrogens with one attached hydrogen (secondary N) is 1. The van der Waals surface area contributed by atoms with Gasteiger partial charge in [-0.25, -0.2) is 4.68 Å². The molecule has 0 aliphatic heterocycles. The van der Waals surface area contributed by atoms with Crippen LogP contribution in [0, 0.1) is 23.0 Å². The highest BCUT2D eigenvalue weighted by Crippen LogP contribution is 2.31. The molecule has 1 aromatic heterocycles. The molecule has 20 heavy (non-hydrogen) atoms. The SMILES string of the molecule is Cc1nn(C(C)C)c(NC(C)C(C)C(=O)O)c1[N+](=O)[O-]. The molecule has 0 saturated carbocycles. The largest absolute Gasteiger partial charge is 0.481 e. The average Bonchev–Trinajstić information content (AvgIpc) is 2.64. The molecule has 0 amide bonds. The summed E-state index contributed by atoms with van der Waals surface area (Å²) in [5.74, 6) is -1.38. The van der Waals surface area contributed by atoms with Crippen LogP contribution in [0.2, 0.25) is 0 Å².